The van der Waals surface area contributed by atoms with Gasteiger partial charge in [0.15, 0.2) is 11.5 Å². The fourth-order valence-corrected chi connectivity index (χ4v) is 4.06. The van der Waals surface area contributed by atoms with Gasteiger partial charge in [0.25, 0.3) is 5.69 Å². The van der Waals surface area contributed by atoms with Gasteiger partial charge in [0.05, 0.1) is 17.4 Å². The molecule has 0 fully saturated rings. The molecule has 6 nitrogen and oxygen atoms in total. The summed E-state index contributed by atoms with van der Waals surface area (Å²) in [5.74, 6) is 1.34. The van der Waals surface area contributed by atoms with Gasteiger partial charge in [-0.1, -0.05) is 12.1 Å². The highest BCUT2D eigenvalue weighted by molar-refractivity contribution is 5.74. The lowest BCUT2D eigenvalue weighted by molar-refractivity contribution is -0.384. The van der Waals surface area contributed by atoms with Gasteiger partial charge in [0.2, 0.25) is 5.72 Å². The number of fused-ring (bicyclic) bond motifs is 2. The molecule has 1 spiro atoms. The van der Waals surface area contributed by atoms with Crippen LogP contribution in [0.15, 0.2) is 42.5 Å². The zero-order valence-electron chi connectivity index (χ0n) is 15.1. The van der Waals surface area contributed by atoms with Crippen LogP contribution >= 0.6 is 0 Å². The second-order valence-corrected chi connectivity index (χ2v) is 7.15. The number of anilines is 1. The molecular weight excluding hydrogens is 332 g/mol. The van der Waals surface area contributed by atoms with E-state index >= 15 is 0 Å². The van der Waals surface area contributed by atoms with E-state index in [9.17, 15) is 10.1 Å². The van der Waals surface area contributed by atoms with Crippen molar-refractivity contribution >= 4 is 17.5 Å². The molecule has 0 bridgehead atoms. The number of likely N-dealkylation sites (N-methyl/N-ethyl adjacent to an activating group) is 1. The molecule has 0 saturated carbocycles. The highest BCUT2D eigenvalue weighted by Gasteiger charge is 2.58. The van der Waals surface area contributed by atoms with Gasteiger partial charge in [-0.05, 0) is 43.7 Å². The minimum absolute atomic E-state index is 0.0834. The first-order valence-corrected chi connectivity index (χ1v) is 8.40. The fourth-order valence-electron chi connectivity index (χ4n) is 4.06. The van der Waals surface area contributed by atoms with Gasteiger partial charge in [0, 0.05) is 30.4 Å². The number of nitro groups is 1. The Kier molecular flexibility index (Phi) is 3.31. The molecule has 0 aliphatic carbocycles. The van der Waals surface area contributed by atoms with Crippen LogP contribution in [0.1, 0.15) is 25.0 Å². The molecule has 0 saturated heterocycles. The highest BCUT2D eigenvalue weighted by atomic mass is 16.6. The summed E-state index contributed by atoms with van der Waals surface area (Å²) in [6.45, 7) is 4.09. The lowest BCUT2D eigenvalue weighted by Gasteiger charge is -2.45. The van der Waals surface area contributed by atoms with Gasteiger partial charge in [-0.3, -0.25) is 10.1 Å². The Balaban J connectivity index is 1.89. The van der Waals surface area contributed by atoms with Crippen molar-refractivity contribution in [2.75, 3.05) is 19.1 Å². The molecule has 4 rings (SSSR count). The average Bonchev–Trinajstić information content (AvgIpc) is 2.79. The largest absolute Gasteiger partial charge is 0.493 e. The number of para-hydroxylation sites is 1. The second kappa shape index (κ2) is 5.24. The summed E-state index contributed by atoms with van der Waals surface area (Å²) in [7, 11) is 3.57. The third-order valence-electron chi connectivity index (χ3n) is 5.60. The predicted octanol–water partition coefficient (Wildman–Crippen LogP) is 4.13. The molecule has 26 heavy (non-hydrogen) atoms. The van der Waals surface area contributed by atoms with E-state index in [2.05, 4.69) is 0 Å². The molecule has 2 aliphatic heterocycles. The Morgan fingerprint density at radius 2 is 2.00 bits per heavy atom. The summed E-state index contributed by atoms with van der Waals surface area (Å²) >= 11 is 0. The van der Waals surface area contributed by atoms with Crippen LogP contribution in [0.5, 0.6) is 11.5 Å². The Morgan fingerprint density at radius 1 is 1.23 bits per heavy atom. The van der Waals surface area contributed by atoms with Crippen molar-refractivity contribution in [3.63, 3.8) is 0 Å². The molecule has 6 heteroatoms. The zero-order chi connectivity index (χ0) is 18.7. The number of methoxy groups -OCH3 is 1. The Morgan fingerprint density at radius 3 is 2.69 bits per heavy atom. The Hall–Kier alpha value is -3.02. The predicted molar refractivity (Wildman–Crippen MR) is 99.9 cm³/mol. The van der Waals surface area contributed by atoms with Crippen molar-refractivity contribution in [3.05, 3.63) is 63.7 Å². The van der Waals surface area contributed by atoms with Crippen LogP contribution in [-0.2, 0) is 5.41 Å². The number of ether oxygens (including phenoxy) is 2. The van der Waals surface area contributed by atoms with Crippen LogP contribution in [0, 0.1) is 10.1 Å². The Bertz CT molecular complexity index is 951. The van der Waals surface area contributed by atoms with E-state index in [0.29, 0.717) is 11.5 Å². The topological polar surface area (TPSA) is 64.8 Å². The molecule has 0 unspecified atom stereocenters. The van der Waals surface area contributed by atoms with Crippen LogP contribution < -0.4 is 14.4 Å². The van der Waals surface area contributed by atoms with E-state index in [4.69, 9.17) is 9.47 Å². The lowest BCUT2D eigenvalue weighted by atomic mass is 9.76. The molecule has 2 heterocycles. The number of benzene rings is 2. The molecular formula is C20H20N2O4. The van der Waals surface area contributed by atoms with Crippen molar-refractivity contribution in [2.24, 2.45) is 0 Å². The minimum atomic E-state index is -0.799. The lowest BCUT2D eigenvalue weighted by Crippen LogP contribution is -2.58. The van der Waals surface area contributed by atoms with Crippen LogP contribution in [-0.4, -0.2) is 24.8 Å². The van der Waals surface area contributed by atoms with Gasteiger partial charge < -0.3 is 14.4 Å². The molecule has 2 aromatic carbocycles. The van der Waals surface area contributed by atoms with Crippen LogP contribution in [0.25, 0.3) is 6.08 Å². The summed E-state index contributed by atoms with van der Waals surface area (Å²) < 4.78 is 12.0. The first-order valence-electron chi connectivity index (χ1n) is 8.40. The number of non-ortho nitro benzene ring substituents is 1. The van der Waals surface area contributed by atoms with E-state index in [1.807, 2.05) is 56.1 Å². The summed E-state index contributed by atoms with van der Waals surface area (Å²) in [6, 6.07) is 10.7. The minimum Gasteiger partial charge on any atom is -0.493 e. The van der Waals surface area contributed by atoms with Gasteiger partial charge >= 0.3 is 0 Å². The van der Waals surface area contributed by atoms with Crippen LogP contribution in [0.4, 0.5) is 11.4 Å². The second-order valence-electron chi connectivity index (χ2n) is 7.15. The summed E-state index contributed by atoms with van der Waals surface area (Å²) in [5, 5.41) is 11.2. The maximum atomic E-state index is 11.2. The summed E-state index contributed by atoms with van der Waals surface area (Å²) in [5.41, 5.74) is 1.52. The molecule has 1 atom stereocenters. The van der Waals surface area contributed by atoms with Crippen molar-refractivity contribution in [2.45, 2.75) is 25.0 Å². The zero-order valence-corrected chi connectivity index (χ0v) is 15.1. The molecule has 0 aromatic heterocycles. The number of nitro benzene ring substituents is 1. The standard InChI is InChI=1S/C20H20N2O4/c1-19(2)15-12-14(22(23)24)8-9-16(15)21(3)20(19)11-10-13-6-5-7-17(25-4)18(13)26-20/h5-12H,1-4H3/t20-/m1/s1. The quantitative estimate of drug-likeness (QED) is 0.600. The Labute approximate surface area is 151 Å². The number of hydrogen-bond acceptors (Lipinski definition) is 5. The molecule has 0 amide bonds. The van der Waals surface area contributed by atoms with E-state index in [1.165, 1.54) is 6.07 Å². The monoisotopic (exact) mass is 352 g/mol. The van der Waals surface area contributed by atoms with Gasteiger partial charge in [0.1, 0.15) is 0 Å². The smallest absolute Gasteiger partial charge is 0.269 e. The van der Waals surface area contributed by atoms with Crippen molar-refractivity contribution in [1.82, 2.24) is 0 Å². The van der Waals surface area contributed by atoms with Crippen molar-refractivity contribution in [1.29, 1.82) is 0 Å². The van der Waals surface area contributed by atoms with Crippen molar-refractivity contribution in [3.8, 4) is 11.5 Å². The highest BCUT2D eigenvalue weighted by Crippen LogP contribution is 2.55. The van der Waals surface area contributed by atoms with Gasteiger partial charge in [-0.15, -0.1) is 0 Å². The van der Waals surface area contributed by atoms with Crippen LogP contribution in [0.3, 0.4) is 0 Å². The fraction of sp³-hybridized carbons (Fsp3) is 0.300. The summed E-state index contributed by atoms with van der Waals surface area (Å²) in [4.78, 5) is 12.9. The van der Waals surface area contributed by atoms with E-state index in [1.54, 1.807) is 19.2 Å². The summed E-state index contributed by atoms with van der Waals surface area (Å²) in [6.07, 6.45) is 4.06. The maximum Gasteiger partial charge on any atom is 0.269 e. The van der Waals surface area contributed by atoms with E-state index < -0.39 is 11.1 Å². The molecule has 134 valence electrons. The van der Waals surface area contributed by atoms with Crippen molar-refractivity contribution < 1.29 is 14.4 Å². The first-order chi connectivity index (χ1) is 12.3. The number of nitrogens with zero attached hydrogens (tertiary/aromatic N) is 2. The van der Waals surface area contributed by atoms with E-state index in [-0.39, 0.29) is 10.6 Å². The van der Waals surface area contributed by atoms with E-state index in [0.717, 1.165) is 16.8 Å². The molecule has 2 aromatic rings. The third kappa shape index (κ3) is 1.92. The first kappa shape index (κ1) is 16.4. The van der Waals surface area contributed by atoms with Gasteiger partial charge in [-0.25, -0.2) is 0 Å². The normalized spacial score (nSPS) is 21.9. The number of rotatable bonds is 2. The third-order valence-corrected chi connectivity index (χ3v) is 5.60. The maximum absolute atomic E-state index is 11.2. The number of hydrogen-bond donors (Lipinski definition) is 0. The molecule has 0 N–H and O–H groups in total. The van der Waals surface area contributed by atoms with Gasteiger partial charge in [-0.2, -0.15) is 0 Å². The molecule has 0 radical (unpaired) electrons. The molecule has 2 aliphatic rings. The van der Waals surface area contributed by atoms with Crippen LogP contribution in [0.2, 0.25) is 0 Å². The SMILES string of the molecule is COc1cccc2c1O[C@@]1(C=C2)N(C)c2ccc([N+](=O)[O-])cc2C1(C)C. The average molecular weight is 352 g/mol.